The van der Waals surface area contributed by atoms with E-state index in [0.29, 0.717) is 12.8 Å². The molecule has 0 bridgehead atoms. The lowest BCUT2D eigenvalue weighted by Gasteiger charge is -2.25. The minimum Gasteiger partial charge on any atom is -0.342 e. The lowest BCUT2D eigenvalue weighted by molar-refractivity contribution is -0.128. The molecule has 2 aliphatic rings. The van der Waals surface area contributed by atoms with Gasteiger partial charge in [0.05, 0.1) is 5.25 Å². The molecule has 0 saturated carbocycles. The molecule has 0 aromatic carbocycles. The Labute approximate surface area is 115 Å². The highest BCUT2D eigenvalue weighted by Crippen LogP contribution is 2.16. The molecule has 110 valence electrons. The molecule has 6 heteroatoms. The second kappa shape index (κ2) is 6.70. The molecule has 1 amide bonds. The number of carbonyl (C=O) groups excluding carboxylic acids is 1. The maximum absolute atomic E-state index is 12.2. The van der Waals surface area contributed by atoms with Crippen molar-refractivity contribution in [2.45, 2.75) is 43.8 Å². The zero-order valence-corrected chi connectivity index (χ0v) is 12.3. The molecule has 19 heavy (non-hydrogen) atoms. The minimum absolute atomic E-state index is 0.194. The molecule has 0 atom stereocenters. The molecular formula is C13H24N2O3S. The highest BCUT2D eigenvalue weighted by molar-refractivity contribution is 7.92. The van der Waals surface area contributed by atoms with Gasteiger partial charge in [-0.1, -0.05) is 12.8 Å². The van der Waals surface area contributed by atoms with Crippen molar-refractivity contribution in [2.24, 2.45) is 0 Å². The van der Waals surface area contributed by atoms with E-state index in [9.17, 15) is 13.2 Å². The normalized spacial score (nSPS) is 23.1. The van der Waals surface area contributed by atoms with E-state index in [0.717, 1.165) is 51.9 Å². The third kappa shape index (κ3) is 4.18. The van der Waals surface area contributed by atoms with Crippen LogP contribution in [0.25, 0.3) is 0 Å². The summed E-state index contributed by atoms with van der Waals surface area (Å²) in [6.07, 6.45) is 5.55. The van der Waals surface area contributed by atoms with Crippen LogP contribution in [0.15, 0.2) is 0 Å². The van der Waals surface area contributed by atoms with Gasteiger partial charge in [-0.15, -0.1) is 0 Å². The third-order valence-corrected chi connectivity index (χ3v) is 6.21. The molecule has 1 N–H and O–H groups in total. The van der Waals surface area contributed by atoms with Crippen LogP contribution in [-0.4, -0.2) is 56.4 Å². The SMILES string of the molecule is O=C(CS(=O)(=O)C1CCNCC1)N1CCCCCC1. The number of hydrogen-bond donors (Lipinski definition) is 1. The summed E-state index contributed by atoms with van der Waals surface area (Å²) in [5.74, 6) is -0.488. The van der Waals surface area contributed by atoms with Gasteiger partial charge in [-0.2, -0.15) is 0 Å². The first-order valence-electron chi connectivity index (χ1n) is 7.30. The van der Waals surface area contributed by atoms with E-state index >= 15 is 0 Å². The number of piperidine rings is 1. The number of rotatable bonds is 3. The molecule has 2 aliphatic heterocycles. The molecule has 2 heterocycles. The zero-order valence-electron chi connectivity index (χ0n) is 11.4. The maximum Gasteiger partial charge on any atom is 0.237 e. The van der Waals surface area contributed by atoms with E-state index in [-0.39, 0.29) is 16.9 Å². The highest BCUT2D eigenvalue weighted by atomic mass is 32.2. The molecule has 2 fully saturated rings. The van der Waals surface area contributed by atoms with Crippen LogP contribution in [0.1, 0.15) is 38.5 Å². The Hall–Kier alpha value is -0.620. The van der Waals surface area contributed by atoms with Crippen LogP contribution in [0.5, 0.6) is 0 Å². The van der Waals surface area contributed by atoms with Crippen molar-refractivity contribution in [3.05, 3.63) is 0 Å². The van der Waals surface area contributed by atoms with E-state index in [1.54, 1.807) is 4.90 Å². The Morgan fingerprint density at radius 2 is 1.63 bits per heavy atom. The Morgan fingerprint density at radius 1 is 1.05 bits per heavy atom. The molecule has 0 aromatic heterocycles. The summed E-state index contributed by atoms with van der Waals surface area (Å²) in [6.45, 7) is 2.92. The van der Waals surface area contributed by atoms with Crippen LogP contribution < -0.4 is 5.32 Å². The first kappa shape index (κ1) is 14.8. The number of nitrogens with zero attached hydrogens (tertiary/aromatic N) is 1. The van der Waals surface area contributed by atoms with Gasteiger partial charge in [-0.05, 0) is 38.8 Å². The Kier molecular flexibility index (Phi) is 5.21. The topological polar surface area (TPSA) is 66.5 Å². The fraction of sp³-hybridized carbons (Fsp3) is 0.923. The van der Waals surface area contributed by atoms with E-state index in [1.165, 1.54) is 0 Å². The molecule has 0 aliphatic carbocycles. The van der Waals surface area contributed by atoms with Crippen molar-refractivity contribution in [3.63, 3.8) is 0 Å². The fourth-order valence-corrected chi connectivity index (χ4v) is 4.57. The van der Waals surface area contributed by atoms with E-state index in [4.69, 9.17) is 0 Å². The van der Waals surface area contributed by atoms with Crippen molar-refractivity contribution < 1.29 is 13.2 Å². The van der Waals surface area contributed by atoms with Gasteiger partial charge in [-0.3, -0.25) is 4.79 Å². The summed E-state index contributed by atoms with van der Waals surface area (Å²) in [4.78, 5) is 13.9. The lowest BCUT2D eigenvalue weighted by Crippen LogP contribution is -2.42. The third-order valence-electron chi connectivity index (χ3n) is 4.08. The lowest BCUT2D eigenvalue weighted by atomic mass is 10.2. The smallest absolute Gasteiger partial charge is 0.237 e. The number of carbonyl (C=O) groups is 1. The largest absolute Gasteiger partial charge is 0.342 e. The summed E-state index contributed by atoms with van der Waals surface area (Å²) < 4.78 is 24.5. The van der Waals surface area contributed by atoms with Crippen LogP contribution >= 0.6 is 0 Å². The summed E-state index contributed by atoms with van der Waals surface area (Å²) in [7, 11) is -3.28. The number of hydrogen-bond acceptors (Lipinski definition) is 4. The number of likely N-dealkylation sites (tertiary alicyclic amines) is 1. The number of amides is 1. The number of sulfone groups is 1. The fourth-order valence-electron chi connectivity index (χ4n) is 2.86. The van der Waals surface area contributed by atoms with Gasteiger partial charge in [0.2, 0.25) is 5.91 Å². The summed E-state index contributed by atoms with van der Waals surface area (Å²) >= 11 is 0. The van der Waals surface area contributed by atoms with Crippen molar-refractivity contribution in [2.75, 3.05) is 31.9 Å². The van der Waals surface area contributed by atoms with E-state index in [2.05, 4.69) is 5.32 Å². The predicted octanol–water partition coefficient (Wildman–Crippen LogP) is 0.556. The quantitative estimate of drug-likeness (QED) is 0.824. The molecule has 0 unspecified atom stereocenters. The number of nitrogens with one attached hydrogen (secondary N) is 1. The first-order chi connectivity index (χ1) is 9.09. The molecular weight excluding hydrogens is 264 g/mol. The monoisotopic (exact) mass is 288 g/mol. The standard InChI is InChI=1S/C13H24N2O3S/c16-13(15-9-3-1-2-4-10-15)11-19(17,18)12-5-7-14-8-6-12/h12,14H,1-11H2. The van der Waals surface area contributed by atoms with Gasteiger partial charge in [0.1, 0.15) is 5.75 Å². The average Bonchev–Trinajstić information content (AvgIpc) is 2.68. The second-order valence-corrected chi connectivity index (χ2v) is 7.83. The minimum atomic E-state index is -3.28. The van der Waals surface area contributed by atoms with E-state index < -0.39 is 9.84 Å². The van der Waals surface area contributed by atoms with Gasteiger partial charge in [0, 0.05) is 13.1 Å². The van der Waals surface area contributed by atoms with Gasteiger partial charge in [-0.25, -0.2) is 8.42 Å². The Morgan fingerprint density at radius 3 is 2.21 bits per heavy atom. The van der Waals surface area contributed by atoms with E-state index in [1.807, 2.05) is 0 Å². The Bertz CT molecular complexity index is 394. The van der Waals surface area contributed by atoms with Crippen molar-refractivity contribution in [1.29, 1.82) is 0 Å². The average molecular weight is 288 g/mol. The molecule has 5 nitrogen and oxygen atoms in total. The van der Waals surface area contributed by atoms with Gasteiger partial charge in [0.15, 0.2) is 9.84 Å². The van der Waals surface area contributed by atoms with Crippen molar-refractivity contribution in [3.8, 4) is 0 Å². The zero-order chi connectivity index (χ0) is 13.7. The van der Waals surface area contributed by atoms with Crippen LogP contribution in [0.3, 0.4) is 0 Å². The summed E-state index contributed by atoms with van der Waals surface area (Å²) in [5, 5.41) is 2.82. The van der Waals surface area contributed by atoms with Crippen LogP contribution in [0.2, 0.25) is 0 Å². The molecule has 0 spiro atoms. The van der Waals surface area contributed by atoms with Gasteiger partial charge >= 0.3 is 0 Å². The van der Waals surface area contributed by atoms with Crippen LogP contribution in [-0.2, 0) is 14.6 Å². The van der Waals surface area contributed by atoms with Crippen molar-refractivity contribution >= 4 is 15.7 Å². The molecule has 0 aromatic rings. The summed E-state index contributed by atoms with van der Waals surface area (Å²) in [6, 6.07) is 0. The predicted molar refractivity (Wildman–Crippen MR) is 74.7 cm³/mol. The molecule has 2 saturated heterocycles. The van der Waals surface area contributed by atoms with Crippen molar-refractivity contribution in [1.82, 2.24) is 10.2 Å². The second-order valence-electron chi connectivity index (χ2n) is 5.55. The maximum atomic E-state index is 12.2. The Balaban J connectivity index is 1.92. The van der Waals surface area contributed by atoms with Crippen LogP contribution in [0.4, 0.5) is 0 Å². The van der Waals surface area contributed by atoms with Gasteiger partial charge < -0.3 is 10.2 Å². The first-order valence-corrected chi connectivity index (χ1v) is 9.01. The van der Waals surface area contributed by atoms with Crippen LogP contribution in [0, 0.1) is 0 Å². The highest BCUT2D eigenvalue weighted by Gasteiger charge is 2.31. The summed E-state index contributed by atoms with van der Waals surface area (Å²) in [5.41, 5.74) is 0. The van der Waals surface area contributed by atoms with Gasteiger partial charge in [0.25, 0.3) is 0 Å². The molecule has 2 rings (SSSR count). The molecule has 0 radical (unpaired) electrons.